The van der Waals surface area contributed by atoms with Gasteiger partial charge in [0.25, 0.3) is 0 Å². The summed E-state index contributed by atoms with van der Waals surface area (Å²) in [6.07, 6.45) is 2.04. The quantitative estimate of drug-likeness (QED) is 0.509. The van der Waals surface area contributed by atoms with Gasteiger partial charge in [-0.05, 0) is 26.7 Å². The summed E-state index contributed by atoms with van der Waals surface area (Å²) in [5.41, 5.74) is 5.46. The van der Waals surface area contributed by atoms with Crippen LogP contribution in [-0.2, 0) is 13.3 Å². The van der Waals surface area contributed by atoms with Gasteiger partial charge in [0.1, 0.15) is 0 Å². The van der Waals surface area contributed by atoms with Crippen LogP contribution in [0.5, 0.6) is 0 Å². The van der Waals surface area contributed by atoms with Crippen LogP contribution in [0.3, 0.4) is 0 Å². The highest BCUT2D eigenvalue weighted by Gasteiger charge is 2.18. The van der Waals surface area contributed by atoms with Crippen LogP contribution < -0.4 is 11.1 Å². The molecular weight excluding hydrogens is 236 g/mol. The second-order valence-electron chi connectivity index (χ2n) is 3.60. The molecule has 1 atom stereocenters. The summed E-state index contributed by atoms with van der Waals surface area (Å²) in [7, 11) is -1.52. The molecule has 0 aromatic heterocycles. The van der Waals surface area contributed by atoms with Crippen LogP contribution in [0.1, 0.15) is 33.6 Å². The van der Waals surface area contributed by atoms with Crippen molar-refractivity contribution in [1.82, 2.24) is 5.32 Å². The largest absolute Gasteiger partial charge is 0.577 e. The standard InChI is InChI=1S/C11H27N2O3Si/c1-4-11(13-9-8-12)7-10-16-17(14-5-2)15-6-3/h11,13H,4-10,12H2,1-3H3. The summed E-state index contributed by atoms with van der Waals surface area (Å²) >= 11 is 0. The highest BCUT2D eigenvalue weighted by Crippen LogP contribution is 2.00. The molecule has 0 aliphatic rings. The molecule has 17 heavy (non-hydrogen) atoms. The molecule has 0 saturated heterocycles. The van der Waals surface area contributed by atoms with E-state index in [4.69, 9.17) is 19.0 Å². The third kappa shape index (κ3) is 9.69. The molecule has 0 bridgehead atoms. The first-order valence-corrected chi connectivity index (χ1v) is 7.69. The summed E-state index contributed by atoms with van der Waals surface area (Å²) in [6.45, 7) is 9.52. The zero-order valence-electron chi connectivity index (χ0n) is 11.3. The molecule has 0 aromatic rings. The Morgan fingerprint density at radius 1 is 1.12 bits per heavy atom. The third-order valence-corrected chi connectivity index (χ3v) is 3.77. The van der Waals surface area contributed by atoms with E-state index in [1.54, 1.807) is 0 Å². The van der Waals surface area contributed by atoms with Crippen LogP contribution >= 0.6 is 0 Å². The molecule has 0 spiro atoms. The van der Waals surface area contributed by atoms with Crippen molar-refractivity contribution in [3.05, 3.63) is 0 Å². The van der Waals surface area contributed by atoms with Gasteiger partial charge in [0.15, 0.2) is 0 Å². The first kappa shape index (κ1) is 17.0. The Kier molecular flexibility index (Phi) is 12.5. The minimum absolute atomic E-state index is 0.463. The second kappa shape index (κ2) is 12.5. The average Bonchev–Trinajstić information content (AvgIpc) is 2.34. The highest BCUT2D eigenvalue weighted by molar-refractivity contribution is 6.36. The summed E-state index contributed by atoms with van der Waals surface area (Å²) in [5, 5.41) is 3.38. The SMILES string of the molecule is CCO[Si](OCC)OCCC(CC)NCCN. The summed E-state index contributed by atoms with van der Waals surface area (Å²) < 4.78 is 16.4. The van der Waals surface area contributed by atoms with Gasteiger partial charge in [-0.25, -0.2) is 0 Å². The molecule has 0 heterocycles. The molecule has 5 nitrogen and oxygen atoms in total. The normalized spacial score (nSPS) is 13.2. The summed E-state index contributed by atoms with van der Waals surface area (Å²) in [5.74, 6) is 0. The fourth-order valence-corrected chi connectivity index (χ4v) is 2.39. The molecule has 0 rings (SSSR count). The zero-order valence-corrected chi connectivity index (χ0v) is 12.3. The van der Waals surface area contributed by atoms with Crippen molar-refractivity contribution in [2.75, 3.05) is 32.9 Å². The Morgan fingerprint density at radius 3 is 2.24 bits per heavy atom. The molecule has 1 radical (unpaired) electrons. The molecule has 103 valence electrons. The van der Waals surface area contributed by atoms with E-state index in [1.807, 2.05) is 13.8 Å². The predicted octanol–water partition coefficient (Wildman–Crippen LogP) is 0.778. The number of nitrogens with two attached hydrogens (primary N) is 1. The van der Waals surface area contributed by atoms with Gasteiger partial charge < -0.3 is 24.3 Å². The van der Waals surface area contributed by atoms with Crippen molar-refractivity contribution in [2.24, 2.45) is 5.73 Å². The van der Waals surface area contributed by atoms with Crippen molar-refractivity contribution in [1.29, 1.82) is 0 Å². The van der Waals surface area contributed by atoms with Gasteiger partial charge in [-0.1, -0.05) is 6.92 Å². The van der Waals surface area contributed by atoms with E-state index in [-0.39, 0.29) is 0 Å². The Hall–Kier alpha value is 0.0169. The third-order valence-electron chi connectivity index (χ3n) is 2.28. The molecule has 0 fully saturated rings. The minimum Gasteiger partial charge on any atom is -0.371 e. The number of hydrogen-bond acceptors (Lipinski definition) is 5. The van der Waals surface area contributed by atoms with Gasteiger partial charge >= 0.3 is 9.53 Å². The first-order valence-electron chi connectivity index (χ1n) is 6.47. The summed E-state index contributed by atoms with van der Waals surface area (Å²) in [6, 6.07) is 0.463. The summed E-state index contributed by atoms with van der Waals surface area (Å²) in [4.78, 5) is 0. The highest BCUT2D eigenvalue weighted by atomic mass is 28.3. The van der Waals surface area contributed by atoms with Gasteiger partial charge in [0, 0.05) is 39.0 Å². The zero-order chi connectivity index (χ0) is 12.9. The van der Waals surface area contributed by atoms with E-state index in [1.165, 1.54) is 0 Å². The lowest BCUT2D eigenvalue weighted by molar-refractivity contribution is 0.0980. The Balaban J connectivity index is 3.67. The van der Waals surface area contributed by atoms with Crippen LogP contribution in [0.25, 0.3) is 0 Å². The van der Waals surface area contributed by atoms with E-state index in [0.717, 1.165) is 19.4 Å². The molecule has 6 heteroatoms. The molecule has 3 N–H and O–H groups in total. The Morgan fingerprint density at radius 2 is 1.76 bits per heavy atom. The van der Waals surface area contributed by atoms with E-state index < -0.39 is 9.53 Å². The lowest BCUT2D eigenvalue weighted by atomic mass is 10.1. The second-order valence-corrected chi connectivity index (χ2v) is 4.97. The van der Waals surface area contributed by atoms with E-state index >= 15 is 0 Å². The van der Waals surface area contributed by atoms with Gasteiger partial charge in [0.05, 0.1) is 0 Å². The van der Waals surface area contributed by atoms with Crippen LogP contribution in [-0.4, -0.2) is 48.5 Å². The van der Waals surface area contributed by atoms with Crippen molar-refractivity contribution in [3.63, 3.8) is 0 Å². The monoisotopic (exact) mass is 263 g/mol. The fraction of sp³-hybridized carbons (Fsp3) is 1.00. The van der Waals surface area contributed by atoms with E-state index in [0.29, 0.717) is 32.4 Å². The lowest BCUT2D eigenvalue weighted by Crippen LogP contribution is -2.35. The van der Waals surface area contributed by atoms with Gasteiger partial charge in [-0.2, -0.15) is 0 Å². The Bertz CT molecular complexity index is 158. The van der Waals surface area contributed by atoms with Crippen molar-refractivity contribution in [2.45, 2.75) is 39.7 Å². The van der Waals surface area contributed by atoms with Crippen molar-refractivity contribution >= 4 is 9.53 Å². The van der Waals surface area contributed by atoms with E-state index in [9.17, 15) is 0 Å². The number of hydrogen-bond donors (Lipinski definition) is 2. The van der Waals surface area contributed by atoms with Crippen LogP contribution in [0, 0.1) is 0 Å². The minimum atomic E-state index is -1.52. The van der Waals surface area contributed by atoms with Crippen molar-refractivity contribution in [3.8, 4) is 0 Å². The predicted molar refractivity (Wildman–Crippen MR) is 70.7 cm³/mol. The fourth-order valence-electron chi connectivity index (χ4n) is 1.38. The van der Waals surface area contributed by atoms with Gasteiger partial charge in [-0.15, -0.1) is 0 Å². The van der Waals surface area contributed by atoms with Crippen molar-refractivity contribution < 1.29 is 13.3 Å². The number of nitrogens with one attached hydrogen (secondary N) is 1. The molecule has 0 aliphatic carbocycles. The maximum atomic E-state index is 5.62. The van der Waals surface area contributed by atoms with Crippen LogP contribution in [0.15, 0.2) is 0 Å². The maximum Gasteiger partial charge on any atom is 0.577 e. The molecule has 0 saturated carbocycles. The molecule has 0 aliphatic heterocycles. The maximum absolute atomic E-state index is 5.62. The van der Waals surface area contributed by atoms with Gasteiger partial charge in [-0.3, -0.25) is 0 Å². The molecule has 0 aromatic carbocycles. The topological polar surface area (TPSA) is 65.7 Å². The van der Waals surface area contributed by atoms with Crippen LogP contribution in [0.2, 0.25) is 0 Å². The number of rotatable bonds is 12. The lowest BCUT2D eigenvalue weighted by Gasteiger charge is -2.18. The molecule has 1 unspecified atom stereocenters. The average molecular weight is 263 g/mol. The van der Waals surface area contributed by atoms with Crippen LogP contribution in [0.4, 0.5) is 0 Å². The molecule has 0 amide bonds. The smallest absolute Gasteiger partial charge is 0.371 e. The van der Waals surface area contributed by atoms with Gasteiger partial charge in [0.2, 0.25) is 0 Å². The molecular formula is C11H27N2O3Si. The first-order chi connectivity index (χ1) is 8.28. The Labute approximate surface area is 107 Å². The van der Waals surface area contributed by atoms with E-state index in [2.05, 4.69) is 12.2 Å².